The predicted octanol–water partition coefficient (Wildman–Crippen LogP) is 2.46. The second kappa shape index (κ2) is 8.14. The number of benzene rings is 1. The van der Waals surface area contributed by atoms with Crippen LogP contribution in [0.2, 0.25) is 0 Å². The minimum absolute atomic E-state index is 0.0743. The van der Waals surface area contributed by atoms with E-state index in [2.05, 4.69) is 15.3 Å². The molecule has 7 heteroatoms. The molecule has 0 aliphatic carbocycles. The van der Waals surface area contributed by atoms with Crippen LogP contribution < -0.4 is 10.9 Å². The number of carbonyl (C=O) groups excluding carboxylic acids is 1. The van der Waals surface area contributed by atoms with Gasteiger partial charge in [-0.1, -0.05) is 30.0 Å². The highest BCUT2D eigenvalue weighted by molar-refractivity contribution is 7.99. The maximum absolute atomic E-state index is 13.0. The van der Waals surface area contributed by atoms with Crippen LogP contribution >= 0.6 is 11.8 Å². The summed E-state index contributed by atoms with van der Waals surface area (Å²) < 4.78 is 1.60. The minimum atomic E-state index is -0.119. The van der Waals surface area contributed by atoms with Crippen LogP contribution in [0.4, 0.5) is 0 Å². The number of nitrogens with one attached hydrogen (secondary N) is 1. The van der Waals surface area contributed by atoms with Gasteiger partial charge in [-0.25, -0.2) is 4.98 Å². The van der Waals surface area contributed by atoms with Gasteiger partial charge in [0.2, 0.25) is 5.91 Å². The molecule has 26 heavy (non-hydrogen) atoms. The van der Waals surface area contributed by atoms with Gasteiger partial charge < -0.3 is 5.32 Å². The molecule has 0 radical (unpaired) electrons. The topological polar surface area (TPSA) is 76.9 Å². The number of hydrogen-bond acceptors (Lipinski definition) is 5. The Balaban J connectivity index is 1.97. The van der Waals surface area contributed by atoms with Gasteiger partial charge >= 0.3 is 0 Å². The molecule has 0 unspecified atom stereocenters. The second-order valence-electron chi connectivity index (χ2n) is 6.17. The normalized spacial score (nSPS) is 11.0. The summed E-state index contributed by atoms with van der Waals surface area (Å²) in [6, 6.07) is 11.1. The fraction of sp³-hybridized carbons (Fsp3) is 0.263. The highest BCUT2D eigenvalue weighted by atomic mass is 32.2. The molecule has 1 N–H and O–H groups in total. The summed E-state index contributed by atoms with van der Waals surface area (Å²) in [4.78, 5) is 33.7. The minimum Gasteiger partial charge on any atom is -0.353 e. The molecule has 1 amide bonds. The first-order valence-electron chi connectivity index (χ1n) is 8.35. The Morgan fingerprint density at radius 1 is 1.23 bits per heavy atom. The Labute approximate surface area is 155 Å². The molecular weight excluding hydrogens is 348 g/mol. The van der Waals surface area contributed by atoms with Gasteiger partial charge in [0.05, 0.1) is 23.2 Å². The zero-order valence-electron chi connectivity index (χ0n) is 14.7. The van der Waals surface area contributed by atoms with Crippen molar-refractivity contribution in [1.82, 2.24) is 19.9 Å². The van der Waals surface area contributed by atoms with E-state index in [0.29, 0.717) is 22.6 Å². The molecule has 0 atom stereocenters. The fourth-order valence-electron chi connectivity index (χ4n) is 2.57. The Morgan fingerprint density at radius 2 is 2.04 bits per heavy atom. The molecule has 0 fully saturated rings. The van der Waals surface area contributed by atoms with E-state index in [-0.39, 0.29) is 23.3 Å². The van der Waals surface area contributed by atoms with Gasteiger partial charge in [0.15, 0.2) is 5.16 Å². The molecule has 134 valence electrons. The molecule has 2 heterocycles. The third-order valence-electron chi connectivity index (χ3n) is 3.67. The van der Waals surface area contributed by atoms with Crippen LogP contribution in [-0.4, -0.2) is 32.2 Å². The molecule has 0 saturated carbocycles. The zero-order valence-corrected chi connectivity index (χ0v) is 15.5. The number of nitrogens with zero attached hydrogens (tertiary/aromatic N) is 3. The van der Waals surface area contributed by atoms with Crippen molar-refractivity contribution in [2.24, 2.45) is 0 Å². The average Bonchev–Trinajstić information content (AvgIpc) is 2.63. The van der Waals surface area contributed by atoms with Crippen molar-refractivity contribution >= 4 is 28.6 Å². The number of hydrogen-bond donors (Lipinski definition) is 1. The van der Waals surface area contributed by atoms with Crippen molar-refractivity contribution in [3.8, 4) is 0 Å². The molecule has 0 spiro atoms. The molecular formula is C19H20N4O2S. The monoisotopic (exact) mass is 368 g/mol. The van der Waals surface area contributed by atoms with Gasteiger partial charge in [-0.05, 0) is 37.6 Å². The van der Waals surface area contributed by atoms with Crippen LogP contribution in [0.1, 0.15) is 19.4 Å². The molecule has 0 bridgehead atoms. The lowest BCUT2D eigenvalue weighted by atomic mass is 10.2. The summed E-state index contributed by atoms with van der Waals surface area (Å²) in [5, 5.41) is 3.94. The first kappa shape index (κ1) is 18.1. The van der Waals surface area contributed by atoms with Gasteiger partial charge in [-0.15, -0.1) is 0 Å². The third kappa shape index (κ3) is 4.29. The smallest absolute Gasteiger partial charge is 0.262 e. The van der Waals surface area contributed by atoms with E-state index in [1.54, 1.807) is 23.0 Å². The Bertz CT molecular complexity index is 970. The summed E-state index contributed by atoms with van der Waals surface area (Å²) in [6.07, 6.45) is 3.42. The highest BCUT2D eigenvalue weighted by Gasteiger charge is 2.14. The molecule has 3 rings (SSSR count). The highest BCUT2D eigenvalue weighted by Crippen LogP contribution is 2.18. The Kier molecular flexibility index (Phi) is 5.68. The number of fused-ring (bicyclic) bond motifs is 1. The van der Waals surface area contributed by atoms with Gasteiger partial charge in [0.25, 0.3) is 5.56 Å². The number of aromatic nitrogens is 3. The van der Waals surface area contributed by atoms with Crippen molar-refractivity contribution in [2.75, 3.05) is 5.75 Å². The number of rotatable bonds is 6. The number of thioether (sulfide) groups is 1. The lowest BCUT2D eigenvalue weighted by Crippen LogP contribution is -2.32. The number of carbonyl (C=O) groups is 1. The summed E-state index contributed by atoms with van der Waals surface area (Å²) in [7, 11) is 0. The van der Waals surface area contributed by atoms with Crippen LogP contribution in [0.25, 0.3) is 10.9 Å². The lowest BCUT2D eigenvalue weighted by Gasteiger charge is -2.13. The Hall–Kier alpha value is -2.67. The largest absolute Gasteiger partial charge is 0.353 e. The maximum atomic E-state index is 13.0. The number of pyridine rings is 1. The number of para-hydroxylation sites is 1. The molecule has 0 aliphatic rings. The number of amides is 1. The SMILES string of the molecule is CC(C)NC(=O)CSc1nc2ccccc2c(=O)n1Cc1cccnc1. The van der Waals surface area contributed by atoms with Gasteiger partial charge in [-0.3, -0.25) is 19.1 Å². The van der Waals surface area contributed by atoms with E-state index in [9.17, 15) is 9.59 Å². The molecule has 3 aromatic rings. The van der Waals surface area contributed by atoms with E-state index in [4.69, 9.17) is 0 Å². The summed E-state index contributed by atoms with van der Waals surface area (Å²) in [6.45, 7) is 4.18. The predicted molar refractivity (Wildman–Crippen MR) is 103 cm³/mol. The van der Waals surface area contributed by atoms with Crippen LogP contribution in [-0.2, 0) is 11.3 Å². The van der Waals surface area contributed by atoms with E-state index >= 15 is 0 Å². The van der Waals surface area contributed by atoms with E-state index in [1.807, 2.05) is 44.2 Å². The van der Waals surface area contributed by atoms with Crippen molar-refractivity contribution < 1.29 is 4.79 Å². The van der Waals surface area contributed by atoms with Crippen LogP contribution in [0.3, 0.4) is 0 Å². The third-order valence-corrected chi connectivity index (χ3v) is 4.65. The second-order valence-corrected chi connectivity index (χ2v) is 7.12. The van der Waals surface area contributed by atoms with E-state index in [1.165, 1.54) is 11.8 Å². The van der Waals surface area contributed by atoms with E-state index < -0.39 is 0 Å². The van der Waals surface area contributed by atoms with Crippen molar-refractivity contribution in [2.45, 2.75) is 31.6 Å². The summed E-state index contributed by atoms with van der Waals surface area (Å²) in [5.74, 6) is 0.121. The quantitative estimate of drug-likeness (QED) is 0.534. The Morgan fingerprint density at radius 3 is 2.77 bits per heavy atom. The van der Waals surface area contributed by atoms with Crippen LogP contribution in [0.5, 0.6) is 0 Å². The van der Waals surface area contributed by atoms with Gasteiger partial charge in [0, 0.05) is 18.4 Å². The molecule has 1 aromatic carbocycles. The molecule has 6 nitrogen and oxygen atoms in total. The van der Waals surface area contributed by atoms with Crippen LogP contribution in [0.15, 0.2) is 58.7 Å². The summed E-state index contributed by atoms with van der Waals surface area (Å²) in [5.41, 5.74) is 1.41. The molecule has 0 saturated heterocycles. The van der Waals surface area contributed by atoms with Crippen molar-refractivity contribution in [1.29, 1.82) is 0 Å². The van der Waals surface area contributed by atoms with E-state index in [0.717, 1.165) is 5.56 Å². The maximum Gasteiger partial charge on any atom is 0.262 e. The molecule has 2 aromatic heterocycles. The average molecular weight is 368 g/mol. The van der Waals surface area contributed by atoms with Crippen LogP contribution in [0, 0.1) is 0 Å². The van der Waals surface area contributed by atoms with Gasteiger partial charge in [-0.2, -0.15) is 0 Å². The zero-order chi connectivity index (χ0) is 18.5. The van der Waals surface area contributed by atoms with Gasteiger partial charge in [0.1, 0.15) is 0 Å². The fourth-order valence-corrected chi connectivity index (χ4v) is 3.37. The standard InChI is InChI=1S/C19H20N4O2S/c1-13(2)21-17(24)12-26-19-22-16-8-4-3-7-15(16)18(25)23(19)11-14-6-5-9-20-10-14/h3-10,13H,11-12H2,1-2H3,(H,21,24). The molecule has 0 aliphatic heterocycles. The van der Waals surface area contributed by atoms with Crippen molar-refractivity contribution in [3.63, 3.8) is 0 Å². The lowest BCUT2D eigenvalue weighted by molar-refractivity contribution is -0.119. The first-order chi connectivity index (χ1) is 12.5. The first-order valence-corrected chi connectivity index (χ1v) is 9.34. The summed E-state index contributed by atoms with van der Waals surface area (Å²) >= 11 is 1.26. The van der Waals surface area contributed by atoms with Crippen molar-refractivity contribution in [3.05, 3.63) is 64.7 Å².